The van der Waals surface area contributed by atoms with Gasteiger partial charge in [-0.15, -0.1) is 0 Å². The fourth-order valence-electron chi connectivity index (χ4n) is 3.44. The van der Waals surface area contributed by atoms with Gasteiger partial charge in [0, 0.05) is 28.1 Å². The molecule has 3 aliphatic rings. The van der Waals surface area contributed by atoms with Crippen LogP contribution < -0.4 is 0 Å². The van der Waals surface area contributed by atoms with E-state index in [1.807, 2.05) is 6.92 Å². The molecule has 1 atom stereocenters. The van der Waals surface area contributed by atoms with Gasteiger partial charge in [-0.3, -0.25) is 4.79 Å². The van der Waals surface area contributed by atoms with Crippen molar-refractivity contribution < 1.29 is 17.6 Å². The quantitative estimate of drug-likeness (QED) is 0.569. The van der Waals surface area contributed by atoms with Gasteiger partial charge in [-0.1, -0.05) is 0 Å². The molecule has 1 aromatic carbocycles. The first-order valence-corrected chi connectivity index (χ1v) is 8.77. The Morgan fingerprint density at radius 2 is 1.90 bits per heavy atom. The lowest BCUT2D eigenvalue weighted by molar-refractivity contribution is -0.112. The molecule has 0 spiro atoms. The number of rotatable bonds is 3. The number of hydrogen-bond donors (Lipinski definition) is 0. The fourth-order valence-corrected chi connectivity index (χ4v) is 6.42. The summed E-state index contributed by atoms with van der Waals surface area (Å²) in [7, 11) is -3.77. The second kappa shape index (κ2) is 4.48. The summed E-state index contributed by atoms with van der Waals surface area (Å²) in [5, 5.41) is 0. The second-order valence-electron chi connectivity index (χ2n) is 5.67. The fraction of sp³-hybridized carbons (Fsp3) is 0.462. The number of hydrogen-bond acceptors (Lipinski definition) is 3. The van der Waals surface area contributed by atoms with Gasteiger partial charge in [-0.05, 0) is 49.9 Å². The topological polar surface area (TPSA) is 54.5 Å². The molecule has 1 aliphatic carbocycles. The van der Waals surface area contributed by atoms with Crippen molar-refractivity contribution in [3.05, 3.63) is 30.1 Å². The number of halogens is 2. The predicted molar refractivity (Wildman–Crippen MR) is 79.4 cm³/mol. The Morgan fingerprint density at radius 1 is 1.35 bits per heavy atom. The summed E-state index contributed by atoms with van der Waals surface area (Å²) < 4.78 is 39.6. The highest BCUT2D eigenvalue weighted by Gasteiger charge is 2.64. The van der Waals surface area contributed by atoms with Crippen LogP contribution in [0.5, 0.6) is 0 Å². The smallest absolute Gasteiger partial charge is 0.244 e. The van der Waals surface area contributed by atoms with E-state index in [9.17, 15) is 17.6 Å². The molecule has 2 heterocycles. The average molecular weight is 409 g/mol. The molecule has 4 rings (SSSR count). The number of nitrogens with zero attached hydrogens (tertiary/aromatic N) is 1. The van der Waals surface area contributed by atoms with E-state index in [2.05, 4.69) is 0 Å². The van der Waals surface area contributed by atoms with Gasteiger partial charge >= 0.3 is 0 Å². The molecule has 0 aromatic heterocycles. The molecule has 0 radical (unpaired) electrons. The van der Waals surface area contributed by atoms with Crippen LogP contribution in [0, 0.1) is 11.7 Å². The van der Waals surface area contributed by atoms with Crippen molar-refractivity contribution in [3.8, 4) is 0 Å². The highest BCUT2D eigenvalue weighted by Crippen LogP contribution is 2.56. The lowest BCUT2D eigenvalue weighted by Gasteiger charge is -2.37. The van der Waals surface area contributed by atoms with Gasteiger partial charge in [0.05, 0.1) is 10.9 Å². The highest BCUT2D eigenvalue weighted by atomic mass is 127. The molecule has 0 unspecified atom stereocenters. The number of carbonyl (C=O) groups is 1. The molecule has 2 bridgehead atoms. The lowest BCUT2D eigenvalue weighted by Crippen LogP contribution is -2.47. The molecule has 0 N–H and O–H groups in total. The minimum absolute atomic E-state index is 0.0373. The summed E-state index contributed by atoms with van der Waals surface area (Å²) in [6.07, 6.45) is 1.43. The molecule has 4 nitrogen and oxygen atoms in total. The summed E-state index contributed by atoms with van der Waals surface area (Å²) >= 11 is 1.67. The van der Waals surface area contributed by atoms with E-state index in [-0.39, 0.29) is 14.6 Å². The van der Waals surface area contributed by atoms with Crippen LogP contribution in [0.4, 0.5) is 4.39 Å². The van der Waals surface area contributed by atoms with Crippen molar-refractivity contribution in [2.45, 2.75) is 36.2 Å². The Kier molecular flexibility index (Phi) is 3.22. The van der Waals surface area contributed by atoms with Gasteiger partial charge in [0.25, 0.3) is 0 Å². The first-order valence-electron chi connectivity index (χ1n) is 6.25. The van der Waals surface area contributed by atoms with Crippen LogP contribution in [0.3, 0.4) is 0 Å². The van der Waals surface area contributed by atoms with Crippen molar-refractivity contribution in [1.82, 2.24) is 4.31 Å². The summed E-state index contributed by atoms with van der Waals surface area (Å²) in [4.78, 5) is 11.8. The molecule has 3 fully saturated rings. The summed E-state index contributed by atoms with van der Waals surface area (Å²) in [6.45, 7) is 1.87. The van der Waals surface area contributed by atoms with E-state index in [4.69, 9.17) is 0 Å². The van der Waals surface area contributed by atoms with Gasteiger partial charge in [0.15, 0.2) is 0 Å². The van der Waals surface area contributed by atoms with E-state index >= 15 is 0 Å². The number of fused-ring (bicyclic) bond motifs is 1. The molecule has 108 valence electrons. The zero-order valence-corrected chi connectivity index (χ0v) is 13.7. The zero-order chi connectivity index (χ0) is 14.7. The maximum Gasteiger partial charge on any atom is 0.244 e. The molecular weight excluding hydrogens is 396 g/mol. The van der Waals surface area contributed by atoms with Gasteiger partial charge in [-0.25, -0.2) is 12.8 Å². The Bertz CT molecular complexity index is 667. The first-order chi connectivity index (χ1) is 9.25. The molecule has 1 saturated carbocycles. The largest absolute Gasteiger partial charge is 0.286 e. The monoisotopic (exact) mass is 409 g/mol. The zero-order valence-electron chi connectivity index (χ0n) is 10.7. The van der Waals surface area contributed by atoms with Crippen LogP contribution in [0.2, 0.25) is 0 Å². The maximum absolute atomic E-state index is 13.0. The maximum atomic E-state index is 13.0. The van der Waals surface area contributed by atoms with E-state index in [0.29, 0.717) is 12.8 Å². The third kappa shape index (κ3) is 1.93. The molecule has 2 aliphatic heterocycles. The third-order valence-electron chi connectivity index (χ3n) is 4.24. The lowest BCUT2D eigenvalue weighted by atomic mass is 9.73. The van der Waals surface area contributed by atoms with E-state index in [1.165, 1.54) is 16.4 Å². The number of sulfonamides is 1. The molecule has 7 heteroatoms. The highest BCUT2D eigenvalue weighted by molar-refractivity contribution is 14.1. The Morgan fingerprint density at radius 3 is 2.40 bits per heavy atom. The van der Waals surface area contributed by atoms with Crippen molar-refractivity contribution in [1.29, 1.82) is 0 Å². The van der Waals surface area contributed by atoms with Crippen molar-refractivity contribution in [2.75, 3.05) is 0 Å². The van der Waals surface area contributed by atoms with Crippen molar-refractivity contribution in [3.63, 3.8) is 0 Å². The van der Waals surface area contributed by atoms with E-state index in [0.717, 1.165) is 12.1 Å². The molecule has 2 saturated heterocycles. The van der Waals surface area contributed by atoms with E-state index < -0.39 is 27.4 Å². The minimum Gasteiger partial charge on any atom is -0.286 e. The third-order valence-corrected chi connectivity index (χ3v) is 6.93. The van der Waals surface area contributed by atoms with E-state index in [1.54, 1.807) is 22.6 Å². The van der Waals surface area contributed by atoms with Crippen LogP contribution in [0.1, 0.15) is 19.8 Å². The predicted octanol–water partition coefficient (Wildman–Crippen LogP) is 2.33. The van der Waals surface area contributed by atoms with Gasteiger partial charge < -0.3 is 0 Å². The Labute approximate surface area is 130 Å². The minimum atomic E-state index is -3.77. The first kappa shape index (κ1) is 14.4. The average Bonchev–Trinajstić information content (AvgIpc) is 2.78. The second-order valence-corrected chi connectivity index (χ2v) is 8.55. The van der Waals surface area contributed by atoms with Gasteiger partial charge in [0.1, 0.15) is 5.82 Å². The SMILES string of the molecule is CC12CC(C1)[C@@H](C(=O)I)N2S(=O)(=O)c1ccc(F)cc1. The van der Waals surface area contributed by atoms with Gasteiger partial charge in [0.2, 0.25) is 13.8 Å². The molecule has 0 amide bonds. The summed E-state index contributed by atoms with van der Waals surface area (Å²) in [6, 6.07) is 4.15. The van der Waals surface area contributed by atoms with Crippen molar-refractivity contribution >= 4 is 36.4 Å². The van der Waals surface area contributed by atoms with Crippen LogP contribution >= 0.6 is 22.6 Å². The Hall–Kier alpha value is -0.540. The molecule has 1 aromatic rings. The molecule has 20 heavy (non-hydrogen) atoms. The van der Waals surface area contributed by atoms with Gasteiger partial charge in [-0.2, -0.15) is 4.31 Å². The normalized spacial score (nSPS) is 33.0. The number of carbonyl (C=O) groups excluding carboxylic acids is 1. The van der Waals surface area contributed by atoms with Crippen LogP contribution in [-0.2, 0) is 14.8 Å². The Balaban J connectivity index is 2.06. The summed E-state index contributed by atoms with van der Waals surface area (Å²) in [5.74, 6) is -0.373. The van der Waals surface area contributed by atoms with Crippen LogP contribution in [0.15, 0.2) is 29.2 Å². The van der Waals surface area contributed by atoms with Crippen molar-refractivity contribution in [2.24, 2.45) is 5.92 Å². The number of benzene rings is 1. The van der Waals surface area contributed by atoms with Crippen LogP contribution in [-0.4, -0.2) is 28.1 Å². The molecular formula is C13H13FINO3S. The standard InChI is InChI=1S/C13H13FINO3S/c1-13-6-8(7-13)11(12(15)17)16(13)20(18,19)10-4-2-9(14)3-5-10/h2-5,8,11H,6-7H2,1H3/t8?,11-,13?/m0/s1. The summed E-state index contributed by atoms with van der Waals surface area (Å²) in [5.41, 5.74) is -0.483. The van der Waals surface area contributed by atoms with Crippen LogP contribution in [0.25, 0.3) is 0 Å².